The Hall–Kier alpha value is -1.84. The van der Waals surface area contributed by atoms with Gasteiger partial charge in [0.05, 0.1) is 6.10 Å². The lowest BCUT2D eigenvalue weighted by atomic mass is 10.2. The van der Waals surface area contributed by atoms with Crippen molar-refractivity contribution in [3.05, 3.63) is 29.8 Å². The minimum atomic E-state index is -0.746. The molecular formula is C11H12O4. The van der Waals surface area contributed by atoms with Gasteiger partial charge in [-0.05, 0) is 38.1 Å². The molecule has 0 aliphatic heterocycles. The predicted molar refractivity (Wildman–Crippen MR) is 54.1 cm³/mol. The highest BCUT2D eigenvalue weighted by Gasteiger charge is 2.07. The molecule has 0 unspecified atom stereocenters. The van der Waals surface area contributed by atoms with Crippen molar-refractivity contribution >= 4 is 12.4 Å². The minimum absolute atomic E-state index is 0.216. The van der Waals surface area contributed by atoms with Crippen LogP contribution in [0.1, 0.15) is 24.2 Å². The molecule has 0 radical (unpaired) electrons. The van der Waals surface area contributed by atoms with Crippen LogP contribution in [0.4, 0.5) is 4.79 Å². The summed E-state index contributed by atoms with van der Waals surface area (Å²) in [4.78, 5) is 21.4. The van der Waals surface area contributed by atoms with E-state index >= 15 is 0 Å². The van der Waals surface area contributed by atoms with E-state index < -0.39 is 6.16 Å². The smallest absolute Gasteiger partial charge is 0.431 e. The van der Waals surface area contributed by atoms with Gasteiger partial charge < -0.3 is 9.47 Å². The second-order valence-electron chi connectivity index (χ2n) is 3.21. The zero-order chi connectivity index (χ0) is 11.3. The van der Waals surface area contributed by atoms with E-state index in [-0.39, 0.29) is 6.10 Å². The van der Waals surface area contributed by atoms with Crippen LogP contribution in [0.2, 0.25) is 0 Å². The molecule has 0 saturated carbocycles. The van der Waals surface area contributed by atoms with Gasteiger partial charge in [-0.1, -0.05) is 0 Å². The quantitative estimate of drug-likeness (QED) is 0.435. The van der Waals surface area contributed by atoms with E-state index in [0.717, 1.165) is 6.29 Å². The fourth-order valence-corrected chi connectivity index (χ4v) is 0.927. The molecule has 0 aromatic heterocycles. The molecule has 0 spiro atoms. The number of rotatable bonds is 3. The summed E-state index contributed by atoms with van der Waals surface area (Å²) in [6.45, 7) is 3.47. The van der Waals surface area contributed by atoms with Gasteiger partial charge in [0.2, 0.25) is 0 Å². The van der Waals surface area contributed by atoms with E-state index in [4.69, 9.17) is 9.47 Å². The Morgan fingerprint density at radius 3 is 2.33 bits per heavy atom. The highest BCUT2D eigenvalue weighted by atomic mass is 16.7. The zero-order valence-corrected chi connectivity index (χ0v) is 8.60. The summed E-state index contributed by atoms with van der Waals surface area (Å²) in [6.07, 6.45) is -0.244. The van der Waals surface area contributed by atoms with Crippen molar-refractivity contribution in [3.63, 3.8) is 0 Å². The van der Waals surface area contributed by atoms with Gasteiger partial charge in [0.25, 0.3) is 0 Å². The molecule has 0 heterocycles. The van der Waals surface area contributed by atoms with E-state index in [1.54, 1.807) is 26.0 Å². The summed E-state index contributed by atoms with van der Waals surface area (Å²) in [5.41, 5.74) is 0.527. The molecule has 15 heavy (non-hydrogen) atoms. The monoisotopic (exact) mass is 208 g/mol. The van der Waals surface area contributed by atoms with Crippen LogP contribution in [0, 0.1) is 0 Å². The molecule has 4 heteroatoms. The highest BCUT2D eigenvalue weighted by Crippen LogP contribution is 2.12. The lowest BCUT2D eigenvalue weighted by Crippen LogP contribution is -2.15. The molecule has 0 saturated heterocycles. The third-order valence-corrected chi connectivity index (χ3v) is 1.55. The summed E-state index contributed by atoms with van der Waals surface area (Å²) in [6, 6.07) is 6.19. The van der Waals surface area contributed by atoms with Crippen molar-refractivity contribution in [2.45, 2.75) is 20.0 Å². The lowest BCUT2D eigenvalue weighted by molar-refractivity contribution is 0.0729. The maximum Gasteiger partial charge on any atom is 0.514 e. The number of aldehydes is 1. The summed E-state index contributed by atoms with van der Waals surface area (Å²) < 4.78 is 9.63. The van der Waals surface area contributed by atoms with Gasteiger partial charge in [-0.2, -0.15) is 0 Å². The first-order valence-electron chi connectivity index (χ1n) is 4.55. The lowest BCUT2D eigenvalue weighted by Gasteiger charge is -2.07. The number of carbonyl (C=O) groups excluding carboxylic acids is 2. The van der Waals surface area contributed by atoms with Crippen molar-refractivity contribution in [1.29, 1.82) is 0 Å². The van der Waals surface area contributed by atoms with Crippen LogP contribution in [0.3, 0.4) is 0 Å². The van der Waals surface area contributed by atoms with Crippen molar-refractivity contribution < 1.29 is 19.1 Å². The van der Waals surface area contributed by atoms with Gasteiger partial charge >= 0.3 is 6.16 Å². The van der Waals surface area contributed by atoms with Crippen LogP contribution in [0.15, 0.2) is 24.3 Å². The third kappa shape index (κ3) is 3.81. The van der Waals surface area contributed by atoms with E-state index in [1.807, 2.05) is 0 Å². The average Bonchev–Trinajstić information content (AvgIpc) is 2.17. The number of hydrogen-bond donors (Lipinski definition) is 0. The molecule has 80 valence electrons. The van der Waals surface area contributed by atoms with Crippen LogP contribution < -0.4 is 4.74 Å². The van der Waals surface area contributed by atoms with Gasteiger partial charge in [-0.25, -0.2) is 4.79 Å². The minimum Gasteiger partial charge on any atom is -0.431 e. The molecular weight excluding hydrogens is 196 g/mol. The van der Waals surface area contributed by atoms with Gasteiger partial charge in [-0.15, -0.1) is 0 Å². The zero-order valence-electron chi connectivity index (χ0n) is 8.60. The van der Waals surface area contributed by atoms with Crippen molar-refractivity contribution in [1.82, 2.24) is 0 Å². The standard InChI is InChI=1S/C11H12O4/c1-8(2)14-11(13)15-10-5-3-9(7-12)4-6-10/h3-8H,1-2H3. The van der Waals surface area contributed by atoms with Crippen LogP contribution >= 0.6 is 0 Å². The van der Waals surface area contributed by atoms with Crippen LogP contribution in [0.25, 0.3) is 0 Å². The van der Waals surface area contributed by atoms with Crippen molar-refractivity contribution in [3.8, 4) is 5.75 Å². The second-order valence-corrected chi connectivity index (χ2v) is 3.21. The molecule has 0 atom stereocenters. The molecule has 4 nitrogen and oxygen atoms in total. The molecule has 0 aliphatic rings. The Bertz CT molecular complexity index is 340. The van der Waals surface area contributed by atoms with E-state index in [1.165, 1.54) is 12.1 Å². The van der Waals surface area contributed by atoms with E-state index in [2.05, 4.69) is 0 Å². The summed E-state index contributed by atoms with van der Waals surface area (Å²) >= 11 is 0. The highest BCUT2D eigenvalue weighted by molar-refractivity contribution is 5.75. The number of ether oxygens (including phenoxy) is 2. The Morgan fingerprint density at radius 1 is 1.27 bits per heavy atom. The first kappa shape index (κ1) is 11.2. The molecule has 1 aromatic carbocycles. The maximum absolute atomic E-state index is 11.1. The molecule has 0 fully saturated rings. The SMILES string of the molecule is CC(C)OC(=O)Oc1ccc(C=O)cc1. The van der Waals surface area contributed by atoms with Crippen LogP contribution in [-0.2, 0) is 4.74 Å². The molecule has 0 N–H and O–H groups in total. The number of hydrogen-bond acceptors (Lipinski definition) is 4. The predicted octanol–water partition coefficient (Wildman–Crippen LogP) is 2.42. The summed E-state index contributed by atoms with van der Waals surface area (Å²) in [5, 5.41) is 0. The first-order chi connectivity index (χ1) is 7.11. The van der Waals surface area contributed by atoms with E-state index in [9.17, 15) is 9.59 Å². The summed E-state index contributed by atoms with van der Waals surface area (Å²) in [5.74, 6) is 0.353. The molecule has 0 aliphatic carbocycles. The second kappa shape index (κ2) is 5.14. The van der Waals surface area contributed by atoms with Gasteiger partial charge in [0, 0.05) is 5.56 Å². The number of benzene rings is 1. The van der Waals surface area contributed by atoms with Gasteiger partial charge in [-0.3, -0.25) is 4.79 Å². The van der Waals surface area contributed by atoms with Gasteiger partial charge in [0.1, 0.15) is 12.0 Å². The molecule has 0 bridgehead atoms. The Kier molecular flexibility index (Phi) is 3.85. The number of carbonyl (C=O) groups is 2. The fraction of sp³-hybridized carbons (Fsp3) is 0.273. The molecule has 0 amide bonds. The van der Waals surface area contributed by atoms with Crippen molar-refractivity contribution in [2.75, 3.05) is 0 Å². The largest absolute Gasteiger partial charge is 0.514 e. The maximum atomic E-state index is 11.1. The molecule has 1 aromatic rings. The summed E-state index contributed by atoms with van der Waals surface area (Å²) in [7, 11) is 0. The Balaban J connectivity index is 2.57. The average molecular weight is 208 g/mol. The Morgan fingerprint density at radius 2 is 1.87 bits per heavy atom. The molecule has 1 rings (SSSR count). The van der Waals surface area contributed by atoms with Gasteiger partial charge in [0.15, 0.2) is 0 Å². The third-order valence-electron chi connectivity index (χ3n) is 1.55. The van der Waals surface area contributed by atoms with Crippen LogP contribution in [0.5, 0.6) is 5.75 Å². The topological polar surface area (TPSA) is 52.6 Å². The van der Waals surface area contributed by atoms with E-state index in [0.29, 0.717) is 11.3 Å². The normalized spacial score (nSPS) is 9.80. The Labute approximate surface area is 87.8 Å². The fourth-order valence-electron chi connectivity index (χ4n) is 0.927. The first-order valence-corrected chi connectivity index (χ1v) is 4.55. The van der Waals surface area contributed by atoms with Crippen LogP contribution in [-0.4, -0.2) is 18.5 Å². The van der Waals surface area contributed by atoms with Crippen molar-refractivity contribution in [2.24, 2.45) is 0 Å².